The first kappa shape index (κ1) is 16.2. The van der Waals surface area contributed by atoms with Gasteiger partial charge in [-0.25, -0.2) is 4.39 Å². The number of piperidine rings is 1. The lowest BCUT2D eigenvalue weighted by Gasteiger charge is -2.38. The van der Waals surface area contributed by atoms with Crippen molar-refractivity contribution in [3.05, 3.63) is 29.6 Å². The van der Waals surface area contributed by atoms with E-state index in [1.165, 1.54) is 25.7 Å². The number of nitriles is 1. The maximum Gasteiger partial charge on any atom is 0.143 e. The van der Waals surface area contributed by atoms with Crippen LogP contribution >= 0.6 is 0 Å². The molecule has 0 atom stereocenters. The lowest BCUT2D eigenvalue weighted by atomic mass is 9.95. The molecule has 2 heterocycles. The van der Waals surface area contributed by atoms with E-state index in [2.05, 4.69) is 21.7 Å². The van der Waals surface area contributed by atoms with E-state index in [1.54, 1.807) is 6.07 Å². The van der Waals surface area contributed by atoms with Gasteiger partial charge in [0.1, 0.15) is 17.4 Å². The van der Waals surface area contributed by atoms with Gasteiger partial charge in [-0.1, -0.05) is 6.07 Å². The second kappa shape index (κ2) is 7.29. The Kier molecular flexibility index (Phi) is 5.14. The first-order chi connectivity index (χ1) is 11.2. The number of likely N-dealkylation sites (N-methyl/N-ethyl adjacent to an activating group) is 1. The molecule has 2 aliphatic rings. The minimum absolute atomic E-state index is 0.185. The third-order valence-electron chi connectivity index (χ3n) is 5.17. The van der Waals surface area contributed by atoms with Crippen LogP contribution < -0.4 is 4.90 Å². The molecule has 2 saturated heterocycles. The Morgan fingerprint density at radius 1 is 1.13 bits per heavy atom. The van der Waals surface area contributed by atoms with Gasteiger partial charge in [0.25, 0.3) is 0 Å². The quantitative estimate of drug-likeness (QED) is 0.856. The fraction of sp³-hybridized carbons (Fsp3) is 0.611. The van der Waals surface area contributed by atoms with Crippen LogP contribution in [-0.2, 0) is 0 Å². The van der Waals surface area contributed by atoms with Crippen LogP contribution in [0.25, 0.3) is 0 Å². The monoisotopic (exact) mass is 316 g/mol. The molecule has 2 fully saturated rings. The molecule has 4 nitrogen and oxygen atoms in total. The zero-order valence-corrected chi connectivity index (χ0v) is 13.8. The molecule has 1 aromatic carbocycles. The molecule has 0 aliphatic carbocycles. The largest absolute Gasteiger partial charge is 0.370 e. The van der Waals surface area contributed by atoms with Gasteiger partial charge in [-0.2, -0.15) is 5.26 Å². The Balaban J connectivity index is 1.55. The predicted octanol–water partition coefficient (Wildman–Crippen LogP) is 2.16. The van der Waals surface area contributed by atoms with Crippen molar-refractivity contribution in [2.24, 2.45) is 5.92 Å². The van der Waals surface area contributed by atoms with E-state index in [0.717, 1.165) is 44.7 Å². The number of nitrogens with zero attached hydrogens (tertiary/aromatic N) is 4. The maximum atomic E-state index is 13.8. The Labute approximate surface area is 138 Å². The molecule has 5 heteroatoms. The van der Waals surface area contributed by atoms with E-state index in [4.69, 9.17) is 0 Å². The summed E-state index contributed by atoms with van der Waals surface area (Å²) < 4.78 is 13.8. The van der Waals surface area contributed by atoms with Crippen LogP contribution in [0.15, 0.2) is 18.2 Å². The second-order valence-corrected chi connectivity index (χ2v) is 6.78. The van der Waals surface area contributed by atoms with E-state index >= 15 is 0 Å². The highest BCUT2D eigenvalue weighted by Crippen LogP contribution is 2.28. The molecule has 0 spiro atoms. The zero-order valence-electron chi connectivity index (χ0n) is 13.8. The van der Waals surface area contributed by atoms with Crippen LogP contribution in [-0.4, -0.2) is 62.7 Å². The molecule has 0 amide bonds. The molecule has 0 unspecified atom stereocenters. The van der Waals surface area contributed by atoms with Gasteiger partial charge in [-0.3, -0.25) is 0 Å². The fourth-order valence-electron chi connectivity index (χ4n) is 3.64. The molecule has 124 valence electrons. The molecule has 2 aliphatic heterocycles. The summed E-state index contributed by atoms with van der Waals surface area (Å²) in [7, 11) is 2.18. The van der Waals surface area contributed by atoms with Crippen molar-refractivity contribution >= 4 is 5.69 Å². The predicted molar refractivity (Wildman–Crippen MR) is 90.0 cm³/mol. The molecule has 23 heavy (non-hydrogen) atoms. The molecule has 0 aromatic heterocycles. The molecular formula is C18H25FN4. The number of halogens is 1. The summed E-state index contributed by atoms with van der Waals surface area (Å²) in [5.74, 6) is 0.304. The molecule has 0 N–H and O–H groups in total. The number of benzene rings is 1. The van der Waals surface area contributed by atoms with Crippen molar-refractivity contribution in [2.45, 2.75) is 12.8 Å². The Bertz CT molecular complexity index is 567. The van der Waals surface area contributed by atoms with Crippen LogP contribution in [0, 0.1) is 23.1 Å². The molecule has 3 rings (SSSR count). The first-order valence-electron chi connectivity index (χ1n) is 8.52. The topological polar surface area (TPSA) is 33.5 Å². The van der Waals surface area contributed by atoms with Crippen molar-refractivity contribution in [3.8, 4) is 6.07 Å². The van der Waals surface area contributed by atoms with E-state index in [1.807, 2.05) is 12.1 Å². The van der Waals surface area contributed by atoms with Gasteiger partial charge < -0.3 is 14.7 Å². The minimum atomic E-state index is -0.412. The lowest BCUT2D eigenvalue weighted by molar-refractivity contribution is 0.129. The van der Waals surface area contributed by atoms with E-state index in [-0.39, 0.29) is 5.56 Å². The zero-order chi connectivity index (χ0) is 16.2. The Morgan fingerprint density at radius 3 is 2.48 bits per heavy atom. The highest BCUT2D eigenvalue weighted by atomic mass is 19.1. The van der Waals surface area contributed by atoms with Crippen LogP contribution in [0.3, 0.4) is 0 Å². The molecule has 0 saturated carbocycles. The smallest absolute Gasteiger partial charge is 0.143 e. The lowest BCUT2D eigenvalue weighted by Crippen LogP contribution is -2.47. The van der Waals surface area contributed by atoms with Gasteiger partial charge in [0, 0.05) is 45.8 Å². The summed E-state index contributed by atoms with van der Waals surface area (Å²) in [6.07, 6.45) is 2.24. The fourth-order valence-corrected chi connectivity index (χ4v) is 3.64. The first-order valence-corrected chi connectivity index (χ1v) is 8.52. The number of anilines is 1. The van der Waals surface area contributed by atoms with Crippen molar-refractivity contribution in [1.82, 2.24) is 9.80 Å². The Hall–Kier alpha value is -1.64. The van der Waals surface area contributed by atoms with Crippen LogP contribution in [0.4, 0.5) is 10.1 Å². The molecular weight excluding hydrogens is 291 g/mol. The number of hydrogen-bond donors (Lipinski definition) is 0. The van der Waals surface area contributed by atoms with Gasteiger partial charge in [0.05, 0.1) is 5.69 Å². The van der Waals surface area contributed by atoms with E-state index in [0.29, 0.717) is 5.92 Å². The second-order valence-electron chi connectivity index (χ2n) is 6.78. The van der Waals surface area contributed by atoms with Gasteiger partial charge in [0.15, 0.2) is 0 Å². The standard InChI is InChI=1S/C18H25FN4/c1-21-9-11-22(12-10-21)14-15-5-7-23(8-6-15)18-4-2-3-17(19)16(18)13-20/h2-4,15H,5-12,14H2,1H3. The van der Waals surface area contributed by atoms with Gasteiger partial charge in [-0.05, 0) is 37.9 Å². The van der Waals surface area contributed by atoms with E-state index < -0.39 is 5.82 Å². The third kappa shape index (κ3) is 3.82. The average Bonchev–Trinajstić information content (AvgIpc) is 2.57. The normalized spacial score (nSPS) is 21.3. The number of rotatable bonds is 3. The van der Waals surface area contributed by atoms with E-state index in [9.17, 15) is 9.65 Å². The van der Waals surface area contributed by atoms with Gasteiger partial charge in [-0.15, -0.1) is 0 Å². The van der Waals surface area contributed by atoms with Crippen molar-refractivity contribution in [2.75, 3.05) is 57.8 Å². The van der Waals surface area contributed by atoms with Crippen molar-refractivity contribution in [1.29, 1.82) is 5.26 Å². The summed E-state index contributed by atoms with van der Waals surface area (Å²) in [4.78, 5) is 7.12. The van der Waals surface area contributed by atoms with Crippen molar-refractivity contribution in [3.63, 3.8) is 0 Å². The highest BCUT2D eigenvalue weighted by Gasteiger charge is 2.24. The average molecular weight is 316 g/mol. The third-order valence-corrected chi connectivity index (χ3v) is 5.17. The summed E-state index contributed by atoms with van der Waals surface area (Å²) in [6.45, 7) is 7.66. The summed E-state index contributed by atoms with van der Waals surface area (Å²) >= 11 is 0. The summed E-state index contributed by atoms with van der Waals surface area (Å²) in [6, 6.07) is 6.94. The number of hydrogen-bond acceptors (Lipinski definition) is 4. The van der Waals surface area contributed by atoms with Gasteiger partial charge >= 0.3 is 0 Å². The highest BCUT2D eigenvalue weighted by molar-refractivity contribution is 5.60. The molecule has 0 bridgehead atoms. The van der Waals surface area contributed by atoms with Crippen LogP contribution in [0.2, 0.25) is 0 Å². The minimum Gasteiger partial charge on any atom is -0.370 e. The summed E-state index contributed by atoms with van der Waals surface area (Å²) in [5.41, 5.74) is 0.940. The summed E-state index contributed by atoms with van der Waals surface area (Å²) in [5, 5.41) is 9.19. The van der Waals surface area contributed by atoms with Crippen molar-refractivity contribution < 1.29 is 4.39 Å². The molecule has 1 aromatic rings. The number of piperazine rings is 1. The molecule has 0 radical (unpaired) electrons. The van der Waals surface area contributed by atoms with Crippen LogP contribution in [0.1, 0.15) is 18.4 Å². The maximum absolute atomic E-state index is 13.8. The van der Waals surface area contributed by atoms with Crippen LogP contribution in [0.5, 0.6) is 0 Å². The SMILES string of the molecule is CN1CCN(CC2CCN(c3cccc(F)c3C#N)CC2)CC1. The Morgan fingerprint density at radius 2 is 1.83 bits per heavy atom. The van der Waals surface area contributed by atoms with Gasteiger partial charge in [0.2, 0.25) is 0 Å².